The topological polar surface area (TPSA) is 24.4 Å². The molecule has 0 fully saturated rings. The lowest BCUT2D eigenvalue weighted by molar-refractivity contribution is 0.263. The average molecular weight is 343 g/mol. The first-order valence-electron chi connectivity index (χ1n) is 8.66. The zero-order valence-electron chi connectivity index (χ0n) is 14.5. The normalized spacial score (nSPS) is 16.0. The second kappa shape index (κ2) is 8.34. The summed E-state index contributed by atoms with van der Waals surface area (Å²) in [4.78, 5) is 4.98. The monoisotopic (exact) mass is 342 g/mol. The molecule has 0 atom stereocenters. The van der Waals surface area contributed by atoms with Crippen LogP contribution in [0, 0.1) is 5.41 Å². The number of nitrogens with zero attached hydrogens (tertiary/aromatic N) is 1. The first-order valence-corrected chi connectivity index (χ1v) is 8.66. The number of nitrogens with one attached hydrogen (secondary N) is 1. The highest BCUT2D eigenvalue weighted by Crippen LogP contribution is 2.32. The fraction of sp³-hybridized carbons (Fsp3) is 0.381. The van der Waals surface area contributed by atoms with Crippen molar-refractivity contribution in [2.24, 2.45) is 10.4 Å². The molecule has 2 aromatic carbocycles. The van der Waals surface area contributed by atoms with Crippen LogP contribution in [0.25, 0.3) is 0 Å². The van der Waals surface area contributed by atoms with Gasteiger partial charge in [0.2, 0.25) is 0 Å². The van der Waals surface area contributed by atoms with E-state index in [2.05, 4.69) is 79.8 Å². The fourth-order valence-corrected chi connectivity index (χ4v) is 3.36. The molecule has 0 aromatic heterocycles. The Morgan fingerprint density at radius 3 is 1.79 bits per heavy atom. The quantitative estimate of drug-likeness (QED) is 0.808. The highest BCUT2D eigenvalue weighted by atomic mass is 35.5. The molecule has 2 aromatic rings. The van der Waals surface area contributed by atoms with Crippen molar-refractivity contribution in [2.45, 2.75) is 32.6 Å². The van der Waals surface area contributed by atoms with Gasteiger partial charge in [-0.25, -0.2) is 0 Å². The van der Waals surface area contributed by atoms with Crippen molar-refractivity contribution in [1.29, 1.82) is 0 Å². The molecule has 0 aliphatic carbocycles. The molecule has 0 saturated heterocycles. The summed E-state index contributed by atoms with van der Waals surface area (Å²) in [5.74, 6) is 1.31. The molecule has 0 radical (unpaired) electrons. The fourth-order valence-electron chi connectivity index (χ4n) is 3.36. The zero-order chi connectivity index (χ0) is 16.1. The van der Waals surface area contributed by atoms with Crippen LogP contribution >= 0.6 is 12.4 Å². The maximum atomic E-state index is 4.98. The van der Waals surface area contributed by atoms with Crippen LogP contribution in [0.5, 0.6) is 0 Å². The van der Waals surface area contributed by atoms with E-state index in [1.165, 1.54) is 24.0 Å². The third-order valence-corrected chi connectivity index (χ3v) is 5.27. The molecule has 0 spiro atoms. The van der Waals surface area contributed by atoms with Crippen molar-refractivity contribution in [2.75, 3.05) is 13.1 Å². The van der Waals surface area contributed by atoms with E-state index in [4.69, 9.17) is 4.99 Å². The molecule has 24 heavy (non-hydrogen) atoms. The number of aliphatic imine (C=N–C) groups is 1. The van der Waals surface area contributed by atoms with Crippen LogP contribution in [0.1, 0.15) is 43.7 Å². The lowest BCUT2D eigenvalue weighted by Crippen LogP contribution is -2.45. The lowest BCUT2D eigenvalue weighted by Gasteiger charge is -2.37. The Kier molecular flexibility index (Phi) is 6.44. The van der Waals surface area contributed by atoms with Gasteiger partial charge in [-0.15, -0.1) is 12.4 Å². The highest BCUT2D eigenvalue weighted by Gasteiger charge is 2.32. The molecule has 3 rings (SSSR count). The summed E-state index contributed by atoms with van der Waals surface area (Å²) in [5, 5.41) is 3.66. The molecule has 1 aliphatic heterocycles. The maximum Gasteiger partial charge on any atom is 0.108 e. The second-order valence-corrected chi connectivity index (χ2v) is 6.52. The van der Waals surface area contributed by atoms with Crippen LogP contribution in [0.2, 0.25) is 0 Å². The largest absolute Gasteiger partial charge is 0.372 e. The van der Waals surface area contributed by atoms with Gasteiger partial charge in [0.25, 0.3) is 0 Å². The first-order chi connectivity index (χ1) is 11.3. The van der Waals surface area contributed by atoms with Gasteiger partial charge in [0.05, 0.1) is 5.92 Å². The molecule has 0 unspecified atom stereocenters. The number of hydrogen-bond acceptors (Lipinski definition) is 2. The summed E-state index contributed by atoms with van der Waals surface area (Å²) in [6.07, 6.45) is 2.35. The molecule has 1 heterocycles. The molecule has 0 saturated carbocycles. The smallest absolute Gasteiger partial charge is 0.108 e. The Hall–Kier alpha value is -1.80. The minimum Gasteiger partial charge on any atom is -0.372 e. The van der Waals surface area contributed by atoms with E-state index in [9.17, 15) is 0 Å². The van der Waals surface area contributed by atoms with E-state index < -0.39 is 0 Å². The minimum absolute atomic E-state index is 0. The van der Waals surface area contributed by atoms with Crippen LogP contribution < -0.4 is 5.32 Å². The number of hydrogen-bond donors (Lipinski definition) is 1. The Morgan fingerprint density at radius 1 is 0.917 bits per heavy atom. The number of halogens is 1. The summed E-state index contributed by atoms with van der Waals surface area (Å²) in [5.41, 5.74) is 2.91. The van der Waals surface area contributed by atoms with E-state index in [0.29, 0.717) is 5.41 Å². The molecule has 0 bridgehead atoms. The molecular formula is C21H27ClN2. The summed E-state index contributed by atoms with van der Waals surface area (Å²) < 4.78 is 0. The maximum absolute atomic E-state index is 4.98. The van der Waals surface area contributed by atoms with Gasteiger partial charge in [-0.3, -0.25) is 4.99 Å². The van der Waals surface area contributed by atoms with Crippen molar-refractivity contribution >= 4 is 18.2 Å². The molecule has 2 nitrogen and oxygen atoms in total. The summed E-state index contributed by atoms with van der Waals surface area (Å²) in [6, 6.07) is 21.4. The SMILES string of the molecule is CCC1(CC)CN=C(C(c2ccccc2)c2ccccc2)NC1.Cl. The van der Waals surface area contributed by atoms with Crippen LogP contribution in [0.3, 0.4) is 0 Å². The highest BCUT2D eigenvalue weighted by molar-refractivity contribution is 5.92. The molecule has 1 N–H and O–H groups in total. The summed E-state index contributed by atoms with van der Waals surface area (Å²) in [7, 11) is 0. The van der Waals surface area contributed by atoms with E-state index in [1.54, 1.807) is 0 Å². The molecule has 0 amide bonds. The van der Waals surface area contributed by atoms with E-state index >= 15 is 0 Å². The lowest BCUT2D eigenvalue weighted by atomic mass is 9.80. The van der Waals surface area contributed by atoms with Gasteiger partial charge in [0, 0.05) is 18.5 Å². The Morgan fingerprint density at radius 2 is 1.42 bits per heavy atom. The van der Waals surface area contributed by atoms with Gasteiger partial charge in [0.1, 0.15) is 5.84 Å². The minimum atomic E-state index is 0. The Balaban J connectivity index is 0.00000208. The van der Waals surface area contributed by atoms with Crippen molar-refractivity contribution in [3.8, 4) is 0 Å². The summed E-state index contributed by atoms with van der Waals surface area (Å²) >= 11 is 0. The van der Waals surface area contributed by atoms with E-state index in [0.717, 1.165) is 18.9 Å². The van der Waals surface area contributed by atoms with Crippen LogP contribution in [0.15, 0.2) is 65.7 Å². The van der Waals surface area contributed by atoms with Crippen LogP contribution in [-0.2, 0) is 0 Å². The second-order valence-electron chi connectivity index (χ2n) is 6.52. The summed E-state index contributed by atoms with van der Waals surface area (Å²) in [6.45, 7) is 6.50. The van der Waals surface area contributed by atoms with Crippen LogP contribution in [-0.4, -0.2) is 18.9 Å². The molecular weight excluding hydrogens is 316 g/mol. The molecule has 1 aliphatic rings. The van der Waals surface area contributed by atoms with Crippen molar-refractivity contribution in [3.05, 3.63) is 71.8 Å². The average Bonchev–Trinajstić information content (AvgIpc) is 2.65. The van der Waals surface area contributed by atoms with Gasteiger partial charge >= 0.3 is 0 Å². The van der Waals surface area contributed by atoms with Crippen molar-refractivity contribution in [3.63, 3.8) is 0 Å². The number of benzene rings is 2. The zero-order valence-corrected chi connectivity index (χ0v) is 15.4. The molecule has 128 valence electrons. The standard InChI is InChI=1S/C21H26N2.ClH/c1-3-21(4-2)15-22-20(23-16-21)19(17-11-7-5-8-12-17)18-13-9-6-10-14-18;/h5-14,19H,3-4,15-16H2,1-2H3,(H,22,23);1H. The van der Waals surface area contributed by atoms with Crippen LogP contribution in [0.4, 0.5) is 0 Å². The Labute approximate surface area is 151 Å². The van der Waals surface area contributed by atoms with E-state index in [-0.39, 0.29) is 18.3 Å². The van der Waals surface area contributed by atoms with Gasteiger partial charge in [-0.1, -0.05) is 74.5 Å². The Bertz CT molecular complexity index is 609. The van der Waals surface area contributed by atoms with Crippen molar-refractivity contribution < 1.29 is 0 Å². The van der Waals surface area contributed by atoms with E-state index in [1.807, 2.05) is 0 Å². The predicted octanol–water partition coefficient (Wildman–Crippen LogP) is 5.05. The van der Waals surface area contributed by atoms with Gasteiger partial charge < -0.3 is 5.32 Å². The molecule has 3 heteroatoms. The number of rotatable bonds is 5. The third-order valence-electron chi connectivity index (χ3n) is 5.27. The predicted molar refractivity (Wildman–Crippen MR) is 105 cm³/mol. The number of amidine groups is 1. The van der Waals surface area contributed by atoms with Gasteiger partial charge in [-0.05, 0) is 24.0 Å². The third kappa shape index (κ3) is 3.81. The van der Waals surface area contributed by atoms with Crippen molar-refractivity contribution in [1.82, 2.24) is 5.32 Å². The van der Waals surface area contributed by atoms with Gasteiger partial charge in [0.15, 0.2) is 0 Å². The van der Waals surface area contributed by atoms with Gasteiger partial charge in [-0.2, -0.15) is 0 Å². The first kappa shape index (κ1) is 18.5.